The molecule has 4 fully saturated rings. The first-order valence-corrected chi connectivity index (χ1v) is 6.79. The van der Waals surface area contributed by atoms with E-state index in [9.17, 15) is 5.11 Å². The van der Waals surface area contributed by atoms with Gasteiger partial charge in [-0.2, -0.15) is 0 Å². The lowest BCUT2D eigenvalue weighted by Gasteiger charge is -2.37. The van der Waals surface area contributed by atoms with Gasteiger partial charge in [-0.05, 0) is 27.7 Å². The van der Waals surface area contributed by atoms with Gasteiger partial charge in [-0.15, -0.1) is 0 Å². The quantitative estimate of drug-likeness (QED) is 0.744. The zero-order valence-corrected chi connectivity index (χ0v) is 11.6. The predicted molar refractivity (Wildman–Crippen MR) is 62.0 cm³/mol. The molecule has 1 saturated carbocycles. The molecule has 3 unspecified atom stereocenters. The number of hydrogen-bond donors (Lipinski definition) is 1. The molecule has 0 bridgehead atoms. The highest BCUT2D eigenvalue weighted by molar-refractivity contribution is 5.28. The fourth-order valence-electron chi connectivity index (χ4n) is 3.88. The van der Waals surface area contributed by atoms with E-state index in [1.807, 2.05) is 27.7 Å². The number of fused-ring (bicyclic) bond motifs is 3. The zero-order chi connectivity index (χ0) is 13.6. The molecule has 6 heteroatoms. The molecule has 0 aromatic rings. The van der Waals surface area contributed by atoms with E-state index in [0.29, 0.717) is 0 Å². The number of rotatable bonds is 1. The maximum Gasteiger partial charge on any atom is 0.188 e. The summed E-state index contributed by atoms with van der Waals surface area (Å²) in [5, 5.41) is 9.59. The van der Waals surface area contributed by atoms with Gasteiger partial charge < -0.3 is 28.8 Å². The van der Waals surface area contributed by atoms with E-state index < -0.39 is 29.6 Å². The van der Waals surface area contributed by atoms with Crippen molar-refractivity contribution in [1.82, 2.24) is 0 Å². The largest absolute Gasteiger partial charge is 0.394 e. The third-order valence-electron chi connectivity index (χ3n) is 4.43. The Kier molecular flexibility index (Phi) is 2.18. The second-order valence-corrected chi connectivity index (χ2v) is 6.70. The van der Waals surface area contributed by atoms with Crippen molar-refractivity contribution in [2.45, 2.75) is 69.5 Å². The average Bonchev–Trinajstić information content (AvgIpc) is 2.60. The molecule has 0 radical (unpaired) electrons. The van der Waals surface area contributed by atoms with Crippen LogP contribution >= 0.6 is 0 Å². The number of aliphatic hydroxyl groups is 1. The van der Waals surface area contributed by atoms with Gasteiger partial charge in [-0.25, -0.2) is 0 Å². The summed E-state index contributed by atoms with van der Waals surface area (Å²) in [5.41, 5.74) is -0.580. The summed E-state index contributed by atoms with van der Waals surface area (Å²) in [7, 11) is 0. The summed E-state index contributed by atoms with van der Waals surface area (Å²) in [6.07, 6.45) is -1.17. The fourth-order valence-corrected chi connectivity index (χ4v) is 3.88. The monoisotopic (exact) mass is 272 g/mol. The Balaban J connectivity index is 1.66. The number of hydrogen-bond acceptors (Lipinski definition) is 6. The van der Waals surface area contributed by atoms with E-state index in [1.165, 1.54) is 0 Å². The predicted octanol–water partition coefficient (Wildman–Crippen LogP) is 0.375. The van der Waals surface area contributed by atoms with Crippen LogP contribution in [0.25, 0.3) is 0 Å². The first-order valence-electron chi connectivity index (χ1n) is 6.79. The Morgan fingerprint density at radius 1 is 1.00 bits per heavy atom. The highest BCUT2D eigenvalue weighted by atomic mass is 16.8. The van der Waals surface area contributed by atoms with Crippen molar-refractivity contribution in [2.24, 2.45) is 5.92 Å². The molecule has 3 saturated heterocycles. The van der Waals surface area contributed by atoms with Crippen LogP contribution < -0.4 is 0 Å². The van der Waals surface area contributed by atoms with E-state index in [2.05, 4.69) is 0 Å². The molecule has 19 heavy (non-hydrogen) atoms. The number of aliphatic hydroxyl groups excluding tert-OH is 1. The second kappa shape index (κ2) is 3.32. The van der Waals surface area contributed by atoms with E-state index in [1.54, 1.807) is 0 Å². The van der Waals surface area contributed by atoms with Crippen LogP contribution in [0.4, 0.5) is 0 Å². The molecule has 1 spiro atoms. The molecule has 4 rings (SSSR count). The summed E-state index contributed by atoms with van der Waals surface area (Å²) in [4.78, 5) is 0. The lowest BCUT2D eigenvalue weighted by atomic mass is 10.0. The zero-order valence-electron chi connectivity index (χ0n) is 11.6. The van der Waals surface area contributed by atoms with E-state index >= 15 is 0 Å². The van der Waals surface area contributed by atoms with Crippen LogP contribution in [-0.2, 0) is 23.7 Å². The third-order valence-corrected chi connectivity index (χ3v) is 4.43. The van der Waals surface area contributed by atoms with Gasteiger partial charge in [0.1, 0.15) is 23.9 Å². The molecule has 0 aromatic heterocycles. The van der Waals surface area contributed by atoms with Crippen molar-refractivity contribution in [2.75, 3.05) is 6.61 Å². The Labute approximate surface area is 111 Å². The Morgan fingerprint density at radius 2 is 1.74 bits per heavy atom. The third kappa shape index (κ3) is 1.47. The van der Waals surface area contributed by atoms with E-state index in [-0.39, 0.29) is 24.7 Å². The summed E-state index contributed by atoms with van der Waals surface area (Å²) in [5.74, 6) is -1.24. The van der Waals surface area contributed by atoms with Crippen molar-refractivity contribution in [3.8, 4) is 0 Å². The molecule has 3 aliphatic heterocycles. The van der Waals surface area contributed by atoms with Gasteiger partial charge in [0, 0.05) is 0 Å². The van der Waals surface area contributed by atoms with Gasteiger partial charge in [0.05, 0.1) is 12.5 Å². The summed E-state index contributed by atoms with van der Waals surface area (Å²) < 4.78 is 29.5. The Hall–Kier alpha value is -0.240. The smallest absolute Gasteiger partial charge is 0.188 e. The van der Waals surface area contributed by atoms with Gasteiger partial charge >= 0.3 is 0 Å². The number of ether oxygens (including phenoxy) is 5. The Morgan fingerprint density at radius 3 is 2.42 bits per heavy atom. The van der Waals surface area contributed by atoms with Crippen LogP contribution in [-0.4, -0.2) is 53.5 Å². The average molecular weight is 272 g/mol. The van der Waals surface area contributed by atoms with Crippen molar-refractivity contribution in [3.63, 3.8) is 0 Å². The van der Waals surface area contributed by atoms with Crippen molar-refractivity contribution >= 4 is 0 Å². The van der Waals surface area contributed by atoms with Crippen LogP contribution in [0.2, 0.25) is 0 Å². The molecule has 1 aliphatic carbocycles. The SMILES string of the molecule is CC1(C)OC2[C@H](OC(CO)[C@]34OC(C)(C)OC3[C@H]24)O1. The maximum absolute atomic E-state index is 9.59. The van der Waals surface area contributed by atoms with Gasteiger partial charge in [0.2, 0.25) is 0 Å². The minimum Gasteiger partial charge on any atom is -0.394 e. The molecule has 0 amide bonds. The highest BCUT2D eigenvalue weighted by Crippen LogP contribution is 2.66. The minimum absolute atomic E-state index is 0.0678. The summed E-state index contributed by atoms with van der Waals surface area (Å²) in [6.45, 7) is 7.36. The topological polar surface area (TPSA) is 66.4 Å². The Bertz CT molecular complexity index is 419. The minimum atomic E-state index is -0.673. The van der Waals surface area contributed by atoms with Crippen molar-refractivity contribution in [1.29, 1.82) is 0 Å². The molecule has 4 aliphatic rings. The second-order valence-electron chi connectivity index (χ2n) is 6.70. The van der Waals surface area contributed by atoms with Gasteiger partial charge in [0.25, 0.3) is 0 Å². The van der Waals surface area contributed by atoms with Gasteiger partial charge in [0.15, 0.2) is 17.9 Å². The van der Waals surface area contributed by atoms with Crippen LogP contribution in [0.3, 0.4) is 0 Å². The fraction of sp³-hybridized carbons (Fsp3) is 1.00. The lowest BCUT2D eigenvalue weighted by molar-refractivity contribution is -0.276. The van der Waals surface area contributed by atoms with Crippen LogP contribution in [0.1, 0.15) is 27.7 Å². The molecule has 108 valence electrons. The highest BCUT2D eigenvalue weighted by Gasteiger charge is 2.84. The maximum atomic E-state index is 9.59. The summed E-state index contributed by atoms with van der Waals surface area (Å²) >= 11 is 0. The van der Waals surface area contributed by atoms with Crippen LogP contribution in [0.5, 0.6) is 0 Å². The molecular formula is C13H20O6. The van der Waals surface area contributed by atoms with E-state index in [0.717, 1.165) is 0 Å². The molecule has 3 heterocycles. The molecule has 6 atom stereocenters. The molecule has 1 N–H and O–H groups in total. The molecule has 0 aromatic carbocycles. The normalized spacial score (nSPS) is 56.4. The van der Waals surface area contributed by atoms with Gasteiger partial charge in [-0.3, -0.25) is 0 Å². The van der Waals surface area contributed by atoms with Gasteiger partial charge in [-0.1, -0.05) is 0 Å². The molecule has 6 nitrogen and oxygen atoms in total. The van der Waals surface area contributed by atoms with Crippen molar-refractivity contribution < 1.29 is 28.8 Å². The van der Waals surface area contributed by atoms with Crippen LogP contribution in [0, 0.1) is 5.92 Å². The first kappa shape index (κ1) is 12.5. The first-order chi connectivity index (χ1) is 8.79. The standard InChI is InChI=1S/C13H20O6/c1-11(2)16-8-7-9-13(7,19-12(3,4)17-9)6(5-14)15-10(8)18-11/h6-10,14H,5H2,1-4H3/t6?,7-,8?,9?,10+,13+/m0/s1. The van der Waals surface area contributed by atoms with Crippen LogP contribution in [0.15, 0.2) is 0 Å². The van der Waals surface area contributed by atoms with Crippen molar-refractivity contribution in [3.05, 3.63) is 0 Å². The summed E-state index contributed by atoms with van der Waals surface area (Å²) in [6, 6.07) is 0. The lowest BCUT2D eigenvalue weighted by Crippen LogP contribution is -2.52. The van der Waals surface area contributed by atoms with E-state index in [4.69, 9.17) is 23.7 Å². The molecular weight excluding hydrogens is 252 g/mol.